The van der Waals surface area contributed by atoms with Gasteiger partial charge in [-0.05, 0) is 13.3 Å². The van der Waals surface area contributed by atoms with E-state index in [-0.39, 0.29) is 12.6 Å². The van der Waals surface area contributed by atoms with E-state index in [1.54, 1.807) is 7.11 Å². The number of nitrogens with one attached hydrogen (secondary N) is 2. The van der Waals surface area contributed by atoms with E-state index in [4.69, 9.17) is 9.84 Å². The highest BCUT2D eigenvalue weighted by atomic mass is 16.5. The summed E-state index contributed by atoms with van der Waals surface area (Å²) < 4.78 is 9.54. The highest BCUT2D eigenvalue weighted by molar-refractivity contribution is 5.76. The minimum atomic E-state index is -1.11. The molecule has 7 nitrogen and oxygen atoms in total. The fraction of sp³-hybridized carbons (Fsp3) is 0.800. The second-order valence-electron chi connectivity index (χ2n) is 3.60. The van der Waals surface area contributed by atoms with Crippen LogP contribution in [-0.2, 0) is 14.3 Å². The third kappa shape index (κ3) is 7.53. The first-order valence-electron chi connectivity index (χ1n) is 5.30. The highest BCUT2D eigenvalue weighted by Gasteiger charge is 2.17. The van der Waals surface area contributed by atoms with Gasteiger partial charge < -0.3 is 25.2 Å². The van der Waals surface area contributed by atoms with Crippen LogP contribution in [-0.4, -0.2) is 56.6 Å². The molecular weight excluding hydrogens is 228 g/mol. The maximum absolute atomic E-state index is 11.3. The first-order valence-corrected chi connectivity index (χ1v) is 5.30. The molecule has 0 aliphatic rings. The van der Waals surface area contributed by atoms with Crippen molar-refractivity contribution in [2.24, 2.45) is 0 Å². The van der Waals surface area contributed by atoms with Crippen LogP contribution in [0, 0.1) is 0 Å². The molecule has 0 aromatic heterocycles. The van der Waals surface area contributed by atoms with Gasteiger partial charge in [0.05, 0.1) is 6.54 Å². The molecule has 0 fully saturated rings. The van der Waals surface area contributed by atoms with Crippen molar-refractivity contribution in [3.05, 3.63) is 0 Å². The summed E-state index contributed by atoms with van der Waals surface area (Å²) in [5.74, 6) is -1.11. The van der Waals surface area contributed by atoms with Gasteiger partial charge in [0.25, 0.3) is 0 Å². The Hall–Kier alpha value is -1.34. The third-order valence-corrected chi connectivity index (χ3v) is 2.14. The standard InChI is InChI=1S/C10H20N2O5/c1-7(4-5-16-2)12-10(15)11-6-8(17-3)9(13)14/h7-8H,4-6H2,1-3H3,(H,13,14)(H2,11,12,15). The van der Waals surface area contributed by atoms with E-state index in [1.807, 2.05) is 6.92 Å². The Morgan fingerprint density at radius 1 is 1.35 bits per heavy atom. The normalized spacial score (nSPS) is 13.8. The number of ether oxygens (including phenoxy) is 2. The summed E-state index contributed by atoms with van der Waals surface area (Å²) in [5.41, 5.74) is 0. The van der Waals surface area contributed by atoms with Crippen LogP contribution < -0.4 is 10.6 Å². The molecule has 0 aliphatic carbocycles. The predicted molar refractivity (Wildman–Crippen MR) is 60.9 cm³/mol. The monoisotopic (exact) mass is 248 g/mol. The Morgan fingerprint density at radius 2 is 2.00 bits per heavy atom. The lowest BCUT2D eigenvalue weighted by Gasteiger charge is -2.16. The van der Waals surface area contributed by atoms with Crippen molar-refractivity contribution >= 4 is 12.0 Å². The van der Waals surface area contributed by atoms with Crippen molar-refractivity contribution < 1.29 is 24.2 Å². The summed E-state index contributed by atoms with van der Waals surface area (Å²) in [5, 5.41) is 13.8. The zero-order chi connectivity index (χ0) is 13.3. The smallest absolute Gasteiger partial charge is 0.334 e. The average Bonchev–Trinajstić information content (AvgIpc) is 2.26. The first kappa shape index (κ1) is 15.7. The molecule has 0 rings (SSSR count). The van der Waals surface area contributed by atoms with Gasteiger partial charge in [0, 0.05) is 26.9 Å². The quantitative estimate of drug-likeness (QED) is 0.553. The van der Waals surface area contributed by atoms with Gasteiger partial charge in [-0.1, -0.05) is 0 Å². The van der Waals surface area contributed by atoms with Crippen LogP contribution in [0.2, 0.25) is 0 Å². The van der Waals surface area contributed by atoms with Crippen molar-refractivity contribution in [1.82, 2.24) is 10.6 Å². The molecule has 2 unspecified atom stereocenters. The molecule has 3 N–H and O–H groups in total. The Kier molecular flexibility index (Phi) is 8.08. The van der Waals surface area contributed by atoms with Crippen LogP contribution in [0.5, 0.6) is 0 Å². The lowest BCUT2D eigenvalue weighted by atomic mass is 10.2. The molecule has 100 valence electrons. The van der Waals surface area contributed by atoms with Crippen LogP contribution in [0.3, 0.4) is 0 Å². The van der Waals surface area contributed by atoms with Crippen LogP contribution >= 0.6 is 0 Å². The third-order valence-electron chi connectivity index (χ3n) is 2.14. The molecule has 7 heteroatoms. The number of carboxylic acids is 1. The SMILES string of the molecule is COCCC(C)NC(=O)NCC(OC)C(=O)O. The minimum Gasteiger partial charge on any atom is -0.479 e. The number of carbonyl (C=O) groups excluding carboxylic acids is 1. The highest BCUT2D eigenvalue weighted by Crippen LogP contribution is 1.91. The molecular formula is C10H20N2O5. The molecule has 0 spiro atoms. The van der Waals surface area contributed by atoms with Crippen LogP contribution in [0.1, 0.15) is 13.3 Å². The van der Waals surface area contributed by atoms with Gasteiger partial charge in [-0.15, -0.1) is 0 Å². The molecule has 0 heterocycles. The van der Waals surface area contributed by atoms with Crippen LogP contribution in [0.4, 0.5) is 4.79 Å². The molecule has 2 atom stereocenters. The van der Waals surface area contributed by atoms with Gasteiger partial charge in [-0.3, -0.25) is 0 Å². The van der Waals surface area contributed by atoms with Crippen molar-refractivity contribution in [2.45, 2.75) is 25.5 Å². The topological polar surface area (TPSA) is 96.9 Å². The van der Waals surface area contributed by atoms with E-state index in [1.165, 1.54) is 7.11 Å². The molecule has 2 amide bonds. The van der Waals surface area contributed by atoms with E-state index >= 15 is 0 Å². The van der Waals surface area contributed by atoms with Crippen molar-refractivity contribution in [1.29, 1.82) is 0 Å². The van der Waals surface area contributed by atoms with E-state index < -0.39 is 18.1 Å². The Balaban J connectivity index is 3.82. The lowest BCUT2D eigenvalue weighted by molar-refractivity contribution is -0.147. The maximum atomic E-state index is 11.3. The zero-order valence-electron chi connectivity index (χ0n) is 10.4. The molecule has 0 saturated carbocycles. The molecule has 0 aromatic carbocycles. The summed E-state index contributed by atoms with van der Waals surface area (Å²) in [6, 6.07) is -0.460. The molecule has 0 saturated heterocycles. The summed E-state index contributed by atoms with van der Waals surface area (Å²) in [6.07, 6.45) is -0.341. The number of aliphatic carboxylic acids is 1. The summed E-state index contributed by atoms with van der Waals surface area (Å²) in [6.45, 7) is 2.32. The molecule has 0 radical (unpaired) electrons. The van der Waals surface area contributed by atoms with Crippen LogP contribution in [0.25, 0.3) is 0 Å². The summed E-state index contributed by atoms with van der Waals surface area (Å²) in [4.78, 5) is 21.9. The van der Waals surface area contributed by atoms with Gasteiger partial charge in [-0.25, -0.2) is 9.59 Å². The second-order valence-corrected chi connectivity index (χ2v) is 3.60. The van der Waals surface area contributed by atoms with Gasteiger partial charge in [0.2, 0.25) is 0 Å². The van der Waals surface area contributed by atoms with Crippen molar-refractivity contribution in [3.8, 4) is 0 Å². The Morgan fingerprint density at radius 3 is 2.47 bits per heavy atom. The minimum absolute atomic E-state index is 0.0410. The number of hydrogen-bond acceptors (Lipinski definition) is 4. The number of amides is 2. The van der Waals surface area contributed by atoms with Crippen molar-refractivity contribution in [3.63, 3.8) is 0 Å². The van der Waals surface area contributed by atoms with Crippen molar-refractivity contribution in [2.75, 3.05) is 27.4 Å². The van der Waals surface area contributed by atoms with E-state index in [9.17, 15) is 9.59 Å². The molecule has 17 heavy (non-hydrogen) atoms. The van der Waals surface area contributed by atoms with E-state index in [0.717, 1.165) is 0 Å². The van der Waals surface area contributed by atoms with Gasteiger partial charge in [0.1, 0.15) is 0 Å². The largest absolute Gasteiger partial charge is 0.479 e. The second kappa shape index (κ2) is 8.77. The van der Waals surface area contributed by atoms with E-state index in [2.05, 4.69) is 15.4 Å². The van der Waals surface area contributed by atoms with Crippen LogP contribution in [0.15, 0.2) is 0 Å². The Labute approximate surface area is 100 Å². The summed E-state index contributed by atoms with van der Waals surface area (Å²) >= 11 is 0. The predicted octanol–water partition coefficient (Wildman–Crippen LogP) is -0.190. The molecule has 0 bridgehead atoms. The Bertz CT molecular complexity index is 247. The average molecular weight is 248 g/mol. The fourth-order valence-corrected chi connectivity index (χ4v) is 1.10. The van der Waals surface area contributed by atoms with Gasteiger partial charge in [-0.2, -0.15) is 0 Å². The number of carboxylic acid groups (broad SMARTS) is 1. The first-order chi connectivity index (χ1) is 8.01. The van der Waals surface area contributed by atoms with E-state index in [0.29, 0.717) is 13.0 Å². The fourth-order valence-electron chi connectivity index (χ4n) is 1.10. The number of carbonyl (C=O) groups is 2. The summed E-state index contributed by atoms with van der Waals surface area (Å²) in [7, 11) is 2.86. The number of methoxy groups -OCH3 is 2. The maximum Gasteiger partial charge on any atom is 0.334 e. The van der Waals surface area contributed by atoms with Gasteiger partial charge >= 0.3 is 12.0 Å². The molecule has 0 aliphatic heterocycles. The number of rotatable bonds is 8. The number of urea groups is 1. The zero-order valence-corrected chi connectivity index (χ0v) is 10.4. The molecule has 0 aromatic rings. The lowest BCUT2D eigenvalue weighted by Crippen LogP contribution is -2.45. The van der Waals surface area contributed by atoms with Gasteiger partial charge in [0.15, 0.2) is 6.10 Å². The number of hydrogen-bond donors (Lipinski definition) is 3.